The van der Waals surface area contributed by atoms with E-state index in [-0.39, 0.29) is 18.9 Å². The molecule has 0 radical (unpaired) electrons. The number of amides is 1. The van der Waals surface area contributed by atoms with Crippen molar-refractivity contribution in [2.24, 2.45) is 5.92 Å². The molecule has 1 amide bonds. The summed E-state index contributed by atoms with van der Waals surface area (Å²) in [6, 6.07) is 0. The van der Waals surface area contributed by atoms with Crippen LogP contribution in [0.1, 0.15) is 6.42 Å². The van der Waals surface area contributed by atoms with Crippen LogP contribution >= 0.6 is 0 Å². The largest absolute Gasteiger partial charge is 0.481 e. The Morgan fingerprint density at radius 2 is 2.44 bits per heavy atom. The summed E-state index contributed by atoms with van der Waals surface area (Å²) in [5.41, 5.74) is 0.639. The Balaban J connectivity index is 2.05. The van der Waals surface area contributed by atoms with Crippen molar-refractivity contribution in [2.45, 2.75) is 13.0 Å². The molecule has 1 aromatic heterocycles. The third kappa shape index (κ3) is 2.51. The molecule has 1 aromatic rings. The number of carboxylic acid groups (broad SMARTS) is 1. The maximum absolute atomic E-state index is 11.7. The van der Waals surface area contributed by atoms with E-state index in [1.807, 2.05) is 0 Å². The lowest BCUT2D eigenvalue weighted by Crippen LogP contribution is -2.25. The zero-order valence-corrected chi connectivity index (χ0v) is 10.1. The summed E-state index contributed by atoms with van der Waals surface area (Å²) in [4.78, 5) is 24.0. The molecule has 0 aliphatic carbocycles. The number of carbonyl (C=O) groups excluding carboxylic acids is 1. The van der Waals surface area contributed by atoms with E-state index in [0.29, 0.717) is 18.8 Å². The first-order valence-electron chi connectivity index (χ1n) is 5.66. The van der Waals surface area contributed by atoms with Gasteiger partial charge < -0.3 is 14.7 Å². The number of anilines is 1. The number of aromatic nitrogens is 2. The number of carbonyl (C=O) groups is 2. The van der Waals surface area contributed by atoms with E-state index >= 15 is 0 Å². The van der Waals surface area contributed by atoms with Gasteiger partial charge in [-0.25, -0.2) is 0 Å². The van der Waals surface area contributed by atoms with Crippen molar-refractivity contribution in [3.8, 4) is 0 Å². The lowest BCUT2D eigenvalue weighted by molar-refractivity contribution is -0.141. The van der Waals surface area contributed by atoms with Crippen LogP contribution in [0.5, 0.6) is 0 Å². The van der Waals surface area contributed by atoms with Crippen LogP contribution in [0.3, 0.4) is 0 Å². The molecule has 0 aromatic carbocycles. The van der Waals surface area contributed by atoms with E-state index in [1.54, 1.807) is 24.2 Å². The minimum Gasteiger partial charge on any atom is -0.481 e. The Hall–Kier alpha value is -1.89. The molecule has 0 unspecified atom stereocenters. The van der Waals surface area contributed by atoms with Crippen molar-refractivity contribution in [1.82, 2.24) is 9.78 Å². The number of aliphatic carboxylic acids is 1. The molecule has 1 aliphatic heterocycles. The summed E-state index contributed by atoms with van der Waals surface area (Å²) in [5, 5.41) is 13.0. The molecule has 1 aliphatic rings. The maximum atomic E-state index is 11.7. The van der Waals surface area contributed by atoms with Gasteiger partial charge in [0.05, 0.1) is 31.0 Å². The van der Waals surface area contributed by atoms with E-state index in [0.717, 1.165) is 0 Å². The van der Waals surface area contributed by atoms with E-state index < -0.39 is 11.9 Å². The third-order valence-corrected chi connectivity index (χ3v) is 2.93. The standard InChI is InChI=1S/C11H15N3O4/c1-18-3-2-13-7-9(5-12-13)14-6-8(11(16)17)4-10(14)15/h5,7-8H,2-4,6H2,1H3,(H,16,17)/t8-/m1/s1. The predicted molar refractivity (Wildman–Crippen MR) is 62.2 cm³/mol. The number of nitrogens with zero attached hydrogens (tertiary/aromatic N) is 3. The van der Waals surface area contributed by atoms with E-state index in [4.69, 9.17) is 9.84 Å². The van der Waals surface area contributed by atoms with Crippen molar-refractivity contribution in [2.75, 3.05) is 25.2 Å². The Kier molecular flexibility index (Phi) is 3.61. The van der Waals surface area contributed by atoms with Crippen LogP contribution in [-0.4, -0.2) is 47.0 Å². The normalized spacial score (nSPS) is 19.5. The van der Waals surface area contributed by atoms with Crippen molar-refractivity contribution >= 4 is 17.6 Å². The van der Waals surface area contributed by atoms with E-state index in [9.17, 15) is 9.59 Å². The molecule has 2 heterocycles. The summed E-state index contributed by atoms with van der Waals surface area (Å²) in [6.45, 7) is 1.35. The van der Waals surface area contributed by atoms with E-state index in [1.165, 1.54) is 4.90 Å². The molecule has 2 rings (SSSR count). The summed E-state index contributed by atoms with van der Waals surface area (Å²) in [5.74, 6) is -1.73. The lowest BCUT2D eigenvalue weighted by atomic mass is 10.1. The predicted octanol–water partition coefficient (Wildman–Crippen LogP) is -0.0330. The van der Waals surface area contributed by atoms with Crippen molar-refractivity contribution in [3.63, 3.8) is 0 Å². The lowest BCUT2D eigenvalue weighted by Gasteiger charge is -2.12. The van der Waals surface area contributed by atoms with Crippen molar-refractivity contribution < 1.29 is 19.4 Å². The van der Waals surface area contributed by atoms with Gasteiger partial charge in [0.25, 0.3) is 0 Å². The fourth-order valence-corrected chi connectivity index (χ4v) is 1.92. The zero-order valence-electron chi connectivity index (χ0n) is 10.1. The van der Waals surface area contributed by atoms with Gasteiger partial charge in [0.15, 0.2) is 0 Å². The second-order valence-electron chi connectivity index (χ2n) is 4.20. The van der Waals surface area contributed by atoms with Gasteiger partial charge in [0, 0.05) is 26.3 Å². The molecule has 0 bridgehead atoms. The number of rotatable bonds is 5. The first kappa shape index (κ1) is 12.6. The first-order valence-corrected chi connectivity index (χ1v) is 5.66. The number of ether oxygens (including phenoxy) is 1. The van der Waals surface area contributed by atoms with Gasteiger partial charge in [0.2, 0.25) is 5.91 Å². The molecule has 7 nitrogen and oxygen atoms in total. The summed E-state index contributed by atoms with van der Waals surface area (Å²) in [7, 11) is 1.60. The molecule has 0 saturated carbocycles. The third-order valence-electron chi connectivity index (χ3n) is 2.93. The van der Waals surface area contributed by atoms with Crippen LogP contribution < -0.4 is 4.90 Å². The van der Waals surface area contributed by atoms with Crippen LogP contribution in [0.15, 0.2) is 12.4 Å². The second kappa shape index (κ2) is 5.18. The topological polar surface area (TPSA) is 84.7 Å². The fourth-order valence-electron chi connectivity index (χ4n) is 1.92. The quantitative estimate of drug-likeness (QED) is 0.796. The number of hydrogen-bond acceptors (Lipinski definition) is 4. The highest BCUT2D eigenvalue weighted by molar-refractivity contribution is 5.98. The second-order valence-corrected chi connectivity index (χ2v) is 4.20. The van der Waals surface area contributed by atoms with E-state index in [2.05, 4.69) is 5.10 Å². The van der Waals surface area contributed by atoms with Crippen LogP contribution in [0, 0.1) is 5.92 Å². The number of carboxylic acids is 1. The molecular weight excluding hydrogens is 238 g/mol. The molecule has 1 atom stereocenters. The summed E-state index contributed by atoms with van der Waals surface area (Å²) < 4.78 is 6.60. The smallest absolute Gasteiger partial charge is 0.308 e. The molecule has 18 heavy (non-hydrogen) atoms. The molecule has 1 saturated heterocycles. The molecular formula is C11H15N3O4. The monoisotopic (exact) mass is 253 g/mol. The van der Waals surface area contributed by atoms with Gasteiger partial charge in [-0.1, -0.05) is 0 Å². The molecule has 1 N–H and O–H groups in total. The average Bonchev–Trinajstić information content (AvgIpc) is 2.92. The zero-order chi connectivity index (χ0) is 13.1. The van der Waals surface area contributed by atoms with Gasteiger partial charge >= 0.3 is 5.97 Å². The molecule has 7 heteroatoms. The first-order chi connectivity index (χ1) is 8.61. The minimum atomic E-state index is -0.933. The van der Waals surface area contributed by atoms with Crippen LogP contribution in [-0.2, 0) is 20.9 Å². The SMILES string of the molecule is COCCn1cc(N2C[C@H](C(=O)O)CC2=O)cn1. The molecule has 0 spiro atoms. The molecule has 98 valence electrons. The van der Waals surface area contributed by atoms with Crippen molar-refractivity contribution in [1.29, 1.82) is 0 Å². The summed E-state index contributed by atoms with van der Waals surface area (Å²) in [6.07, 6.45) is 3.34. The Labute approximate surface area is 104 Å². The van der Waals surface area contributed by atoms with Gasteiger partial charge in [-0.3, -0.25) is 14.3 Å². The maximum Gasteiger partial charge on any atom is 0.308 e. The van der Waals surface area contributed by atoms with Crippen LogP contribution in [0.4, 0.5) is 5.69 Å². The number of methoxy groups -OCH3 is 1. The van der Waals surface area contributed by atoms with Gasteiger partial charge in [-0.05, 0) is 0 Å². The number of hydrogen-bond donors (Lipinski definition) is 1. The van der Waals surface area contributed by atoms with Gasteiger partial charge in [-0.2, -0.15) is 5.10 Å². The minimum absolute atomic E-state index is 0.0542. The van der Waals surface area contributed by atoms with Crippen molar-refractivity contribution in [3.05, 3.63) is 12.4 Å². The van der Waals surface area contributed by atoms with Gasteiger partial charge in [-0.15, -0.1) is 0 Å². The summed E-state index contributed by atoms with van der Waals surface area (Å²) >= 11 is 0. The van der Waals surface area contributed by atoms with Crippen LogP contribution in [0.25, 0.3) is 0 Å². The molecule has 1 fully saturated rings. The Morgan fingerprint density at radius 1 is 1.67 bits per heavy atom. The van der Waals surface area contributed by atoms with Gasteiger partial charge in [0.1, 0.15) is 0 Å². The fraction of sp³-hybridized carbons (Fsp3) is 0.545. The Bertz CT molecular complexity index is 457. The highest BCUT2D eigenvalue weighted by Gasteiger charge is 2.35. The highest BCUT2D eigenvalue weighted by atomic mass is 16.5. The average molecular weight is 253 g/mol. The highest BCUT2D eigenvalue weighted by Crippen LogP contribution is 2.24. The van der Waals surface area contributed by atoms with Crippen LogP contribution in [0.2, 0.25) is 0 Å². The Morgan fingerprint density at radius 3 is 3.06 bits per heavy atom.